The smallest absolute Gasteiger partial charge is 0.208 e. The van der Waals surface area contributed by atoms with E-state index in [0.717, 1.165) is 17.4 Å². The molecule has 2 N–H and O–H groups in total. The van der Waals surface area contributed by atoms with Gasteiger partial charge >= 0.3 is 0 Å². The first kappa shape index (κ1) is 25.1. The van der Waals surface area contributed by atoms with Crippen molar-refractivity contribution in [2.75, 3.05) is 32.6 Å². The van der Waals surface area contributed by atoms with E-state index in [1.807, 2.05) is 24.3 Å². The Balaban J connectivity index is 1.65. The molecule has 1 saturated heterocycles. The fourth-order valence-corrected chi connectivity index (χ4v) is 4.12. The van der Waals surface area contributed by atoms with Gasteiger partial charge in [-0.15, -0.1) is 0 Å². The second-order valence-electron chi connectivity index (χ2n) is 8.27. The van der Waals surface area contributed by atoms with Crippen molar-refractivity contribution in [1.29, 1.82) is 0 Å². The quantitative estimate of drug-likeness (QED) is 0.456. The van der Waals surface area contributed by atoms with Crippen molar-refractivity contribution >= 4 is 33.2 Å². The predicted octanol–water partition coefficient (Wildman–Crippen LogP) is 3.39. The first-order chi connectivity index (χ1) is 15.0. The van der Waals surface area contributed by atoms with Crippen LogP contribution in [0.25, 0.3) is 0 Å². The van der Waals surface area contributed by atoms with Gasteiger partial charge in [-0.25, -0.2) is 13.1 Å². The lowest BCUT2D eigenvalue weighted by atomic mass is 9.78. The number of aliphatic hydroxyl groups excluding tert-OH is 1. The minimum absolute atomic E-state index is 0.0379. The zero-order valence-electron chi connectivity index (χ0n) is 18.1. The Labute approximate surface area is 198 Å². The Morgan fingerprint density at radius 3 is 2.28 bits per heavy atom. The molecule has 7 nitrogen and oxygen atoms in total. The van der Waals surface area contributed by atoms with Crippen LogP contribution in [-0.4, -0.2) is 58.4 Å². The molecule has 1 fully saturated rings. The van der Waals surface area contributed by atoms with Gasteiger partial charge in [0.15, 0.2) is 5.75 Å². The molecule has 1 heterocycles. The summed E-state index contributed by atoms with van der Waals surface area (Å²) in [6.45, 7) is 5.08. The van der Waals surface area contributed by atoms with Gasteiger partial charge in [0.25, 0.3) is 0 Å². The van der Waals surface area contributed by atoms with E-state index in [4.69, 9.17) is 37.4 Å². The molecule has 10 heteroatoms. The van der Waals surface area contributed by atoms with Gasteiger partial charge in [-0.05, 0) is 35.4 Å². The summed E-state index contributed by atoms with van der Waals surface area (Å²) in [5.41, 5.74) is 1.54. The number of benzene rings is 2. The minimum Gasteiger partial charge on any atom is -0.491 e. The fraction of sp³-hybridized carbons (Fsp3) is 0.455. The molecular weight excluding hydrogens is 477 g/mol. The number of sulfonamides is 1. The van der Waals surface area contributed by atoms with Crippen LogP contribution in [-0.2, 0) is 20.2 Å². The van der Waals surface area contributed by atoms with Crippen LogP contribution in [0.15, 0.2) is 36.4 Å². The molecule has 0 spiro atoms. The Bertz CT molecular complexity index is 1020. The third-order valence-electron chi connectivity index (χ3n) is 5.14. The average molecular weight is 504 g/mol. The normalized spacial score (nSPS) is 17.1. The van der Waals surface area contributed by atoms with Crippen LogP contribution >= 0.6 is 23.2 Å². The number of aliphatic hydroxyl groups is 1. The van der Waals surface area contributed by atoms with Crippen LogP contribution in [0.4, 0.5) is 0 Å². The number of ether oxygens (including phenoxy) is 3. The molecule has 32 heavy (non-hydrogen) atoms. The van der Waals surface area contributed by atoms with Gasteiger partial charge in [-0.3, -0.25) is 0 Å². The molecule has 1 aliphatic rings. The molecule has 2 atom stereocenters. The van der Waals surface area contributed by atoms with Gasteiger partial charge in [-0.2, -0.15) is 0 Å². The van der Waals surface area contributed by atoms with E-state index >= 15 is 0 Å². The summed E-state index contributed by atoms with van der Waals surface area (Å²) in [5.74, 6) is 1.01. The summed E-state index contributed by atoms with van der Waals surface area (Å²) in [6, 6.07) is 11.1. The average Bonchev–Trinajstić information content (AvgIpc) is 3.54. The van der Waals surface area contributed by atoms with Crippen molar-refractivity contribution < 1.29 is 27.7 Å². The zero-order chi connectivity index (χ0) is 23.5. The molecule has 1 aliphatic heterocycles. The molecule has 0 unspecified atom stereocenters. The van der Waals surface area contributed by atoms with Gasteiger partial charge < -0.3 is 19.3 Å². The Morgan fingerprint density at radius 2 is 1.75 bits per heavy atom. The van der Waals surface area contributed by atoms with Gasteiger partial charge in [0.2, 0.25) is 10.0 Å². The Kier molecular flexibility index (Phi) is 7.96. The third-order valence-corrected chi connectivity index (χ3v) is 6.39. The van der Waals surface area contributed by atoms with Crippen molar-refractivity contribution in [1.82, 2.24) is 4.72 Å². The summed E-state index contributed by atoms with van der Waals surface area (Å²) in [4.78, 5) is 0. The number of hydrogen-bond acceptors (Lipinski definition) is 6. The highest BCUT2D eigenvalue weighted by molar-refractivity contribution is 7.88. The standard InChI is InChI=1S/C22H27Cl2NO6S/c1-22(2,15-8-19(23)21(20(24)9-15)31-13-18-12-30-18)14-4-6-17(7-5-14)29-11-16(26)10-25-32(3,27)28/h4-9,16,18,25-26H,10-13H2,1-3H3/t16-,18-/m1/s1. The highest BCUT2D eigenvalue weighted by Crippen LogP contribution is 2.41. The summed E-state index contributed by atoms with van der Waals surface area (Å²) in [7, 11) is -3.36. The molecule has 0 aromatic heterocycles. The lowest BCUT2D eigenvalue weighted by molar-refractivity contribution is 0.111. The second-order valence-corrected chi connectivity index (χ2v) is 10.9. The van der Waals surface area contributed by atoms with Gasteiger partial charge in [0.05, 0.1) is 22.9 Å². The van der Waals surface area contributed by atoms with Crippen molar-refractivity contribution in [2.24, 2.45) is 0 Å². The molecule has 0 amide bonds. The maximum atomic E-state index is 11.1. The van der Waals surface area contributed by atoms with Crippen LogP contribution < -0.4 is 14.2 Å². The fourth-order valence-electron chi connectivity index (χ4n) is 3.03. The highest BCUT2D eigenvalue weighted by Gasteiger charge is 2.27. The third kappa shape index (κ3) is 6.97. The van der Waals surface area contributed by atoms with E-state index in [1.54, 1.807) is 12.1 Å². The molecule has 3 rings (SSSR count). The number of hydrogen-bond donors (Lipinski definition) is 2. The monoisotopic (exact) mass is 503 g/mol. The Morgan fingerprint density at radius 1 is 1.16 bits per heavy atom. The van der Waals surface area contributed by atoms with E-state index in [9.17, 15) is 13.5 Å². The first-order valence-corrected chi connectivity index (χ1v) is 12.7. The highest BCUT2D eigenvalue weighted by atomic mass is 35.5. The summed E-state index contributed by atoms with van der Waals surface area (Å²) in [6.07, 6.45) is 0.180. The molecule has 2 aromatic carbocycles. The van der Waals surface area contributed by atoms with E-state index in [0.29, 0.717) is 34.8 Å². The topological polar surface area (TPSA) is 97.4 Å². The maximum absolute atomic E-state index is 11.1. The van der Waals surface area contributed by atoms with E-state index in [2.05, 4.69) is 18.6 Å². The molecule has 0 bridgehead atoms. The SMILES string of the molecule is CC(C)(c1ccc(OC[C@H](O)CNS(C)(=O)=O)cc1)c1cc(Cl)c(OC[C@H]2CO2)c(Cl)c1. The maximum Gasteiger partial charge on any atom is 0.208 e. The van der Waals surface area contributed by atoms with Crippen LogP contribution in [0.1, 0.15) is 25.0 Å². The van der Waals surface area contributed by atoms with Crippen molar-refractivity contribution in [3.63, 3.8) is 0 Å². The van der Waals surface area contributed by atoms with E-state index in [1.165, 1.54) is 0 Å². The number of halogens is 2. The second kappa shape index (κ2) is 10.2. The predicted molar refractivity (Wildman–Crippen MR) is 125 cm³/mol. The van der Waals surface area contributed by atoms with Gasteiger partial charge in [0.1, 0.15) is 31.2 Å². The van der Waals surface area contributed by atoms with Gasteiger partial charge in [-0.1, -0.05) is 49.2 Å². The minimum atomic E-state index is -3.36. The lowest BCUT2D eigenvalue weighted by Crippen LogP contribution is -2.34. The van der Waals surface area contributed by atoms with Crippen molar-refractivity contribution in [2.45, 2.75) is 31.5 Å². The van der Waals surface area contributed by atoms with Crippen LogP contribution in [0.5, 0.6) is 11.5 Å². The van der Waals surface area contributed by atoms with E-state index < -0.39 is 21.5 Å². The Hall–Kier alpha value is -1.55. The van der Waals surface area contributed by atoms with Crippen molar-refractivity contribution in [3.05, 3.63) is 57.6 Å². The van der Waals surface area contributed by atoms with Gasteiger partial charge in [0, 0.05) is 12.0 Å². The molecule has 176 valence electrons. The van der Waals surface area contributed by atoms with E-state index in [-0.39, 0.29) is 19.3 Å². The summed E-state index contributed by atoms with van der Waals surface area (Å²) < 4.78 is 40.8. The number of rotatable bonds is 11. The van der Waals surface area contributed by atoms with Crippen LogP contribution in [0, 0.1) is 0 Å². The van der Waals surface area contributed by atoms with Crippen molar-refractivity contribution in [3.8, 4) is 11.5 Å². The largest absolute Gasteiger partial charge is 0.491 e. The first-order valence-electron chi connectivity index (χ1n) is 10.1. The van der Waals surface area contributed by atoms with Crippen LogP contribution in [0.2, 0.25) is 10.0 Å². The summed E-state index contributed by atoms with van der Waals surface area (Å²) >= 11 is 12.9. The number of nitrogens with one attached hydrogen (secondary N) is 1. The van der Waals surface area contributed by atoms with Crippen LogP contribution in [0.3, 0.4) is 0 Å². The molecule has 2 aromatic rings. The molecular formula is C22H27Cl2NO6S. The number of epoxide rings is 1. The molecule has 0 saturated carbocycles. The molecule has 0 radical (unpaired) electrons. The molecule has 0 aliphatic carbocycles. The zero-order valence-corrected chi connectivity index (χ0v) is 20.4. The lowest BCUT2D eigenvalue weighted by Gasteiger charge is -2.27. The summed E-state index contributed by atoms with van der Waals surface area (Å²) in [5, 5.41) is 10.7.